The van der Waals surface area contributed by atoms with Gasteiger partial charge in [0.2, 0.25) is 6.29 Å². The van der Waals surface area contributed by atoms with E-state index in [1.165, 1.54) is 0 Å². The van der Waals surface area contributed by atoms with Crippen molar-refractivity contribution in [2.24, 2.45) is 0 Å². The lowest BCUT2D eigenvalue weighted by Crippen LogP contribution is -2.25. The predicted molar refractivity (Wildman–Crippen MR) is 78.8 cm³/mol. The number of hydrogen-bond acceptors (Lipinski definition) is 4. The van der Waals surface area contributed by atoms with E-state index in [1.807, 2.05) is 25.1 Å². The molecule has 2 aliphatic rings. The molecule has 4 nitrogen and oxygen atoms in total. The fourth-order valence-electron chi connectivity index (χ4n) is 2.42. The smallest absolute Gasteiger partial charge is 0.231 e. The first-order valence-corrected chi connectivity index (χ1v) is 7.58. The Hall–Kier alpha value is -1.04. The van der Waals surface area contributed by atoms with Crippen LogP contribution in [0.1, 0.15) is 31.7 Å². The zero-order valence-electron chi connectivity index (χ0n) is 11.3. The molecule has 0 spiro atoms. The van der Waals surface area contributed by atoms with E-state index in [2.05, 4.69) is 15.9 Å². The quantitative estimate of drug-likeness (QED) is 0.895. The number of fused-ring (bicyclic) bond motifs is 1. The molecule has 108 valence electrons. The minimum absolute atomic E-state index is 0.162. The van der Waals surface area contributed by atoms with Gasteiger partial charge in [-0.05, 0) is 59.5 Å². The molecule has 20 heavy (non-hydrogen) atoms. The van der Waals surface area contributed by atoms with Crippen LogP contribution in [0.25, 0.3) is 5.57 Å². The van der Waals surface area contributed by atoms with Crippen LogP contribution in [-0.2, 0) is 4.74 Å². The van der Waals surface area contributed by atoms with Gasteiger partial charge in [-0.2, -0.15) is 0 Å². The number of rotatable bonds is 2. The van der Waals surface area contributed by atoms with E-state index in [1.54, 1.807) is 0 Å². The van der Waals surface area contributed by atoms with Gasteiger partial charge in [0.05, 0.1) is 11.1 Å². The fourth-order valence-corrected chi connectivity index (χ4v) is 2.73. The first-order chi connectivity index (χ1) is 9.65. The topological polar surface area (TPSA) is 47.9 Å². The second-order valence-electron chi connectivity index (χ2n) is 5.02. The standard InChI is InChI=1S/C15H17BrO4/c1-9-11-8-10(19-13-4-2-3-7-18-13)5-6-12(11)20-15(17)14(9)16/h5-6,8,13,15,17H,2-4,7H2,1H3/t13-,15+/m1/s1. The Kier molecular flexibility index (Phi) is 4.01. The van der Waals surface area contributed by atoms with Crippen LogP contribution in [0.4, 0.5) is 0 Å². The lowest BCUT2D eigenvalue weighted by atomic mass is 10.0. The van der Waals surface area contributed by atoms with Crippen molar-refractivity contribution in [3.8, 4) is 11.5 Å². The summed E-state index contributed by atoms with van der Waals surface area (Å²) in [7, 11) is 0. The summed E-state index contributed by atoms with van der Waals surface area (Å²) >= 11 is 3.35. The molecular formula is C15H17BrO4. The van der Waals surface area contributed by atoms with Gasteiger partial charge >= 0.3 is 0 Å². The molecule has 0 amide bonds. The summed E-state index contributed by atoms with van der Waals surface area (Å²) in [5, 5.41) is 9.75. The zero-order chi connectivity index (χ0) is 14.1. The third kappa shape index (κ3) is 2.71. The van der Waals surface area contributed by atoms with Crippen molar-refractivity contribution in [1.29, 1.82) is 0 Å². The van der Waals surface area contributed by atoms with Gasteiger partial charge in [0.1, 0.15) is 11.5 Å². The van der Waals surface area contributed by atoms with Crippen LogP contribution in [0, 0.1) is 0 Å². The molecule has 2 atom stereocenters. The van der Waals surface area contributed by atoms with Crippen LogP contribution < -0.4 is 9.47 Å². The maximum atomic E-state index is 9.75. The minimum Gasteiger partial charge on any atom is -0.465 e. The van der Waals surface area contributed by atoms with E-state index < -0.39 is 6.29 Å². The Balaban J connectivity index is 1.83. The molecule has 0 aromatic heterocycles. The minimum atomic E-state index is -0.934. The number of aliphatic hydroxyl groups excluding tert-OH is 1. The number of benzene rings is 1. The second-order valence-corrected chi connectivity index (χ2v) is 5.87. The van der Waals surface area contributed by atoms with Crippen molar-refractivity contribution in [2.45, 2.75) is 38.8 Å². The highest BCUT2D eigenvalue weighted by Gasteiger charge is 2.24. The molecule has 0 bridgehead atoms. The predicted octanol–water partition coefficient (Wildman–Crippen LogP) is 3.43. The first-order valence-electron chi connectivity index (χ1n) is 6.79. The Bertz CT molecular complexity index is 535. The highest BCUT2D eigenvalue weighted by atomic mass is 79.9. The molecule has 2 heterocycles. The maximum absolute atomic E-state index is 9.75. The molecule has 5 heteroatoms. The Morgan fingerprint density at radius 3 is 2.95 bits per heavy atom. The number of allylic oxidation sites excluding steroid dienone is 1. The summed E-state index contributed by atoms with van der Waals surface area (Å²) in [4.78, 5) is 0. The highest BCUT2D eigenvalue weighted by molar-refractivity contribution is 9.11. The van der Waals surface area contributed by atoms with Crippen molar-refractivity contribution in [1.82, 2.24) is 0 Å². The summed E-state index contributed by atoms with van der Waals surface area (Å²) in [6.07, 6.45) is 2.06. The fraction of sp³-hybridized carbons (Fsp3) is 0.467. The van der Waals surface area contributed by atoms with Crippen molar-refractivity contribution < 1.29 is 19.3 Å². The third-order valence-electron chi connectivity index (χ3n) is 3.57. The van der Waals surface area contributed by atoms with Crippen molar-refractivity contribution in [2.75, 3.05) is 6.61 Å². The largest absolute Gasteiger partial charge is 0.465 e. The molecule has 2 aliphatic heterocycles. The summed E-state index contributed by atoms with van der Waals surface area (Å²) < 4.78 is 17.5. The van der Waals surface area contributed by atoms with Crippen LogP contribution in [0.5, 0.6) is 11.5 Å². The second kappa shape index (κ2) is 5.76. The molecule has 1 fully saturated rings. The van der Waals surface area contributed by atoms with Crippen molar-refractivity contribution in [3.05, 3.63) is 28.2 Å². The highest BCUT2D eigenvalue weighted by Crippen LogP contribution is 2.39. The molecule has 1 aromatic carbocycles. The first kappa shape index (κ1) is 13.9. The van der Waals surface area contributed by atoms with E-state index >= 15 is 0 Å². The molecule has 0 saturated carbocycles. The number of aliphatic hydroxyl groups is 1. The van der Waals surface area contributed by atoms with E-state index in [-0.39, 0.29) is 6.29 Å². The van der Waals surface area contributed by atoms with Gasteiger partial charge in [0, 0.05) is 12.0 Å². The van der Waals surface area contributed by atoms with Gasteiger partial charge in [0.15, 0.2) is 6.29 Å². The Morgan fingerprint density at radius 1 is 1.35 bits per heavy atom. The van der Waals surface area contributed by atoms with E-state index in [0.717, 1.165) is 42.8 Å². The van der Waals surface area contributed by atoms with Gasteiger partial charge in [-0.3, -0.25) is 0 Å². The molecule has 0 unspecified atom stereocenters. The Morgan fingerprint density at radius 2 is 2.20 bits per heavy atom. The molecule has 1 saturated heterocycles. The zero-order valence-corrected chi connectivity index (χ0v) is 12.9. The van der Waals surface area contributed by atoms with E-state index in [4.69, 9.17) is 14.2 Å². The number of ether oxygens (including phenoxy) is 3. The van der Waals surface area contributed by atoms with Crippen LogP contribution in [0.2, 0.25) is 0 Å². The van der Waals surface area contributed by atoms with Gasteiger partial charge < -0.3 is 19.3 Å². The molecule has 0 aliphatic carbocycles. The third-order valence-corrected chi connectivity index (χ3v) is 4.56. The SMILES string of the molecule is CC1=C(Br)[C@@H](O)Oc2ccc(O[C@@H]3CCCCO3)cc21. The summed E-state index contributed by atoms with van der Waals surface area (Å²) in [6, 6.07) is 5.59. The lowest BCUT2D eigenvalue weighted by Gasteiger charge is -2.26. The average Bonchev–Trinajstić information content (AvgIpc) is 2.47. The molecule has 1 aromatic rings. The van der Waals surface area contributed by atoms with Gasteiger partial charge in [0.25, 0.3) is 0 Å². The number of hydrogen-bond donors (Lipinski definition) is 1. The molecular weight excluding hydrogens is 324 g/mol. The Labute approximate surface area is 126 Å². The summed E-state index contributed by atoms with van der Waals surface area (Å²) in [5.74, 6) is 1.42. The average molecular weight is 341 g/mol. The van der Waals surface area contributed by atoms with Gasteiger partial charge in [-0.1, -0.05) is 0 Å². The van der Waals surface area contributed by atoms with Crippen LogP contribution in [0.3, 0.4) is 0 Å². The van der Waals surface area contributed by atoms with Crippen LogP contribution >= 0.6 is 15.9 Å². The summed E-state index contributed by atoms with van der Waals surface area (Å²) in [6.45, 7) is 2.70. The van der Waals surface area contributed by atoms with Crippen molar-refractivity contribution >= 4 is 21.5 Å². The van der Waals surface area contributed by atoms with E-state index in [0.29, 0.717) is 10.2 Å². The van der Waals surface area contributed by atoms with Crippen LogP contribution in [0.15, 0.2) is 22.7 Å². The van der Waals surface area contributed by atoms with Gasteiger partial charge in [-0.25, -0.2) is 0 Å². The lowest BCUT2D eigenvalue weighted by molar-refractivity contribution is -0.105. The van der Waals surface area contributed by atoms with E-state index in [9.17, 15) is 5.11 Å². The van der Waals surface area contributed by atoms with Gasteiger partial charge in [-0.15, -0.1) is 0 Å². The molecule has 0 radical (unpaired) electrons. The monoisotopic (exact) mass is 340 g/mol. The van der Waals surface area contributed by atoms with Crippen molar-refractivity contribution in [3.63, 3.8) is 0 Å². The summed E-state index contributed by atoms with van der Waals surface area (Å²) in [5.41, 5.74) is 1.88. The molecule has 1 N–H and O–H groups in total. The maximum Gasteiger partial charge on any atom is 0.231 e. The number of halogens is 1. The molecule has 3 rings (SSSR count). The van der Waals surface area contributed by atoms with Crippen LogP contribution in [-0.4, -0.2) is 24.3 Å². The normalized spacial score (nSPS) is 25.9.